The Kier molecular flexibility index (Phi) is 6.56. The van der Waals surface area contributed by atoms with E-state index in [9.17, 15) is 4.79 Å². The molecule has 5 heteroatoms. The molecule has 0 spiro atoms. The van der Waals surface area contributed by atoms with Crippen molar-refractivity contribution in [3.63, 3.8) is 0 Å². The van der Waals surface area contributed by atoms with E-state index in [4.69, 9.17) is 0 Å². The van der Waals surface area contributed by atoms with Gasteiger partial charge in [-0.25, -0.2) is 0 Å². The molecule has 1 heterocycles. The third-order valence-corrected chi connectivity index (χ3v) is 3.28. The summed E-state index contributed by atoms with van der Waals surface area (Å²) in [5.74, 6) is 0.0654. The van der Waals surface area contributed by atoms with Crippen LogP contribution in [0.15, 0.2) is 6.20 Å². The predicted octanol–water partition coefficient (Wildman–Crippen LogP) is 1.38. The number of aryl methyl sites for hydroxylation is 2. The molecule has 0 aliphatic heterocycles. The molecule has 5 nitrogen and oxygen atoms in total. The highest BCUT2D eigenvalue weighted by Crippen LogP contribution is 2.06. The lowest BCUT2D eigenvalue weighted by Crippen LogP contribution is -2.39. The summed E-state index contributed by atoms with van der Waals surface area (Å²) in [5, 5.41) is 10.6. The Labute approximate surface area is 115 Å². The maximum Gasteiger partial charge on any atom is 0.234 e. The van der Waals surface area contributed by atoms with Crippen LogP contribution in [0.2, 0.25) is 0 Å². The second-order valence-electron chi connectivity index (χ2n) is 4.81. The number of aromatic nitrogens is 2. The minimum Gasteiger partial charge on any atom is -0.352 e. The first kappa shape index (κ1) is 15.7. The van der Waals surface area contributed by atoms with Gasteiger partial charge in [-0.3, -0.25) is 9.48 Å². The summed E-state index contributed by atoms with van der Waals surface area (Å²) in [6.07, 6.45) is 4.87. The van der Waals surface area contributed by atoms with E-state index in [1.165, 1.54) is 5.56 Å². The van der Waals surface area contributed by atoms with Crippen LogP contribution in [-0.4, -0.2) is 28.3 Å². The third kappa shape index (κ3) is 5.03. The van der Waals surface area contributed by atoms with Gasteiger partial charge < -0.3 is 10.6 Å². The van der Waals surface area contributed by atoms with E-state index in [1.54, 1.807) is 0 Å². The lowest BCUT2D eigenvalue weighted by Gasteiger charge is -2.14. The van der Waals surface area contributed by atoms with Crippen molar-refractivity contribution in [2.24, 2.45) is 7.05 Å². The quantitative estimate of drug-likeness (QED) is 0.747. The average molecular weight is 266 g/mol. The van der Waals surface area contributed by atoms with Crippen LogP contribution < -0.4 is 10.6 Å². The van der Waals surface area contributed by atoms with Crippen molar-refractivity contribution in [2.75, 3.05) is 6.54 Å². The van der Waals surface area contributed by atoms with E-state index in [-0.39, 0.29) is 5.91 Å². The largest absolute Gasteiger partial charge is 0.352 e. The van der Waals surface area contributed by atoms with Crippen LogP contribution in [0, 0.1) is 0 Å². The van der Waals surface area contributed by atoms with Crippen molar-refractivity contribution < 1.29 is 4.79 Å². The van der Waals surface area contributed by atoms with Crippen LogP contribution >= 0.6 is 0 Å². The number of amides is 1. The fourth-order valence-electron chi connectivity index (χ4n) is 2.11. The van der Waals surface area contributed by atoms with Crippen molar-refractivity contribution in [3.8, 4) is 0 Å². The van der Waals surface area contributed by atoms with Gasteiger partial charge in [-0.05, 0) is 19.3 Å². The van der Waals surface area contributed by atoms with Crippen molar-refractivity contribution in [2.45, 2.75) is 52.6 Å². The first-order chi connectivity index (χ1) is 9.10. The first-order valence-electron chi connectivity index (χ1n) is 7.12. The number of carbonyl (C=O) groups excluding carboxylic acids is 1. The van der Waals surface area contributed by atoms with Crippen LogP contribution in [-0.2, 0) is 24.8 Å². The minimum absolute atomic E-state index is 0.0654. The maximum absolute atomic E-state index is 11.7. The van der Waals surface area contributed by atoms with Gasteiger partial charge in [0, 0.05) is 31.4 Å². The molecule has 1 amide bonds. The fraction of sp³-hybridized carbons (Fsp3) is 0.714. The van der Waals surface area contributed by atoms with Gasteiger partial charge in [0.05, 0.1) is 12.2 Å². The highest BCUT2D eigenvalue weighted by molar-refractivity contribution is 5.78. The molecule has 19 heavy (non-hydrogen) atoms. The molecule has 0 bridgehead atoms. The Bertz CT molecular complexity index is 396. The highest BCUT2D eigenvalue weighted by Gasteiger charge is 2.09. The van der Waals surface area contributed by atoms with Crippen molar-refractivity contribution in [3.05, 3.63) is 17.5 Å². The third-order valence-electron chi connectivity index (χ3n) is 3.28. The van der Waals surface area contributed by atoms with E-state index in [0.29, 0.717) is 19.1 Å². The van der Waals surface area contributed by atoms with Crippen LogP contribution in [0.3, 0.4) is 0 Å². The van der Waals surface area contributed by atoms with E-state index in [2.05, 4.69) is 36.5 Å². The van der Waals surface area contributed by atoms with Crippen molar-refractivity contribution >= 4 is 5.91 Å². The monoisotopic (exact) mass is 266 g/mol. The molecule has 2 N–H and O–H groups in total. The van der Waals surface area contributed by atoms with Crippen LogP contribution in [0.1, 0.15) is 44.9 Å². The van der Waals surface area contributed by atoms with E-state index >= 15 is 0 Å². The van der Waals surface area contributed by atoms with Gasteiger partial charge in [-0.2, -0.15) is 5.10 Å². The second-order valence-corrected chi connectivity index (χ2v) is 4.81. The Hall–Kier alpha value is -1.36. The van der Waals surface area contributed by atoms with Crippen LogP contribution in [0.5, 0.6) is 0 Å². The molecule has 0 atom stereocenters. The van der Waals surface area contributed by atoms with Crippen LogP contribution in [0.25, 0.3) is 0 Å². The molecule has 1 aromatic heterocycles. The van der Waals surface area contributed by atoms with Gasteiger partial charge in [0.2, 0.25) is 5.91 Å². The van der Waals surface area contributed by atoms with Crippen molar-refractivity contribution in [1.82, 2.24) is 20.4 Å². The zero-order valence-corrected chi connectivity index (χ0v) is 12.5. The summed E-state index contributed by atoms with van der Waals surface area (Å²) in [5.41, 5.74) is 2.26. The molecule has 0 aliphatic rings. The summed E-state index contributed by atoms with van der Waals surface area (Å²) in [4.78, 5) is 11.7. The summed E-state index contributed by atoms with van der Waals surface area (Å²) < 4.78 is 1.82. The predicted molar refractivity (Wildman–Crippen MR) is 76.8 cm³/mol. The molecule has 0 fully saturated rings. The molecule has 1 rings (SSSR count). The molecule has 0 saturated heterocycles. The number of rotatable bonds is 8. The highest BCUT2D eigenvalue weighted by atomic mass is 16.1. The minimum atomic E-state index is 0.0654. The topological polar surface area (TPSA) is 59.0 Å². The average Bonchev–Trinajstić information content (AvgIpc) is 2.76. The standard InChI is InChI=1S/C14H26N4O/c1-5-12(6-2)16-14(19)9-15-8-11-10-18(4)17-13(11)7-3/h10,12,15H,5-9H2,1-4H3,(H,16,19). The van der Waals surface area contributed by atoms with E-state index in [1.807, 2.05) is 17.9 Å². The van der Waals surface area contributed by atoms with E-state index in [0.717, 1.165) is 25.0 Å². The maximum atomic E-state index is 11.7. The SMILES string of the molecule is CCc1nn(C)cc1CNCC(=O)NC(CC)CC. The van der Waals surface area contributed by atoms with Gasteiger partial charge in [-0.15, -0.1) is 0 Å². The molecule has 0 aliphatic carbocycles. The number of nitrogens with one attached hydrogen (secondary N) is 2. The lowest BCUT2D eigenvalue weighted by atomic mass is 10.2. The Morgan fingerprint density at radius 2 is 2.05 bits per heavy atom. The molecule has 108 valence electrons. The molecule has 0 saturated carbocycles. The summed E-state index contributed by atoms with van der Waals surface area (Å²) in [6, 6.07) is 0.291. The Morgan fingerprint density at radius 3 is 2.63 bits per heavy atom. The zero-order chi connectivity index (χ0) is 14.3. The lowest BCUT2D eigenvalue weighted by molar-refractivity contribution is -0.121. The molecular weight excluding hydrogens is 240 g/mol. The molecule has 0 unspecified atom stereocenters. The first-order valence-corrected chi connectivity index (χ1v) is 7.12. The number of carbonyl (C=O) groups is 1. The smallest absolute Gasteiger partial charge is 0.234 e. The number of nitrogens with zero attached hydrogens (tertiary/aromatic N) is 2. The summed E-state index contributed by atoms with van der Waals surface area (Å²) in [7, 11) is 1.92. The Morgan fingerprint density at radius 1 is 1.37 bits per heavy atom. The second kappa shape index (κ2) is 7.94. The van der Waals surface area contributed by atoms with Gasteiger partial charge in [-0.1, -0.05) is 20.8 Å². The molecular formula is C14H26N4O. The normalized spacial score (nSPS) is 11.0. The van der Waals surface area contributed by atoms with Gasteiger partial charge in [0.1, 0.15) is 0 Å². The molecule has 0 radical (unpaired) electrons. The fourth-order valence-corrected chi connectivity index (χ4v) is 2.11. The molecule has 0 aromatic carbocycles. The number of hydrogen-bond acceptors (Lipinski definition) is 3. The van der Waals surface area contributed by atoms with E-state index < -0.39 is 0 Å². The zero-order valence-electron chi connectivity index (χ0n) is 12.5. The van der Waals surface area contributed by atoms with Gasteiger partial charge in [0.15, 0.2) is 0 Å². The molecule has 1 aromatic rings. The summed E-state index contributed by atoms with van der Waals surface area (Å²) >= 11 is 0. The summed E-state index contributed by atoms with van der Waals surface area (Å²) in [6.45, 7) is 7.31. The van der Waals surface area contributed by atoms with Crippen molar-refractivity contribution in [1.29, 1.82) is 0 Å². The number of hydrogen-bond donors (Lipinski definition) is 2. The van der Waals surface area contributed by atoms with Crippen LogP contribution in [0.4, 0.5) is 0 Å². The van der Waals surface area contributed by atoms with Gasteiger partial charge >= 0.3 is 0 Å². The van der Waals surface area contributed by atoms with Gasteiger partial charge in [0.25, 0.3) is 0 Å². The Balaban J connectivity index is 2.35.